The molecule has 0 spiro atoms. The number of hydrogen-bond acceptors (Lipinski definition) is 3. The van der Waals surface area contributed by atoms with Gasteiger partial charge in [-0.3, -0.25) is 0 Å². The molecule has 0 radical (unpaired) electrons. The van der Waals surface area contributed by atoms with E-state index in [4.69, 9.17) is 0 Å². The van der Waals surface area contributed by atoms with Gasteiger partial charge in [-0.25, -0.2) is 8.42 Å². The van der Waals surface area contributed by atoms with E-state index < -0.39 is 10.0 Å². The summed E-state index contributed by atoms with van der Waals surface area (Å²) >= 11 is 0. The molecule has 1 aromatic carbocycles. The third-order valence-electron chi connectivity index (χ3n) is 3.66. The van der Waals surface area contributed by atoms with Gasteiger partial charge in [0.25, 0.3) is 0 Å². The summed E-state index contributed by atoms with van der Waals surface area (Å²) in [7, 11) is 0.164. The van der Waals surface area contributed by atoms with Crippen molar-refractivity contribution in [2.24, 2.45) is 0 Å². The van der Waals surface area contributed by atoms with Crippen LogP contribution in [-0.2, 0) is 10.0 Å². The summed E-state index contributed by atoms with van der Waals surface area (Å²) in [5.41, 5.74) is 0.914. The highest BCUT2D eigenvalue weighted by Gasteiger charge is 2.29. The van der Waals surface area contributed by atoms with Gasteiger partial charge in [0.1, 0.15) is 0 Å². The Morgan fingerprint density at radius 3 is 2.22 bits per heavy atom. The van der Waals surface area contributed by atoms with Crippen molar-refractivity contribution >= 4 is 15.7 Å². The molecule has 0 aromatic heterocycles. The average Bonchev–Trinajstić information content (AvgIpc) is 2.91. The minimum Gasteiger partial charge on any atom is -0.388 e. The Balaban J connectivity index is 2.23. The molecule has 0 amide bonds. The lowest BCUT2D eigenvalue weighted by molar-refractivity contribution is 0.373. The second-order valence-corrected chi connectivity index (χ2v) is 6.73. The lowest BCUT2D eigenvalue weighted by atomic mass is 10.3. The van der Waals surface area contributed by atoms with Gasteiger partial charge in [0.15, 0.2) is 0 Å². The highest BCUT2D eigenvalue weighted by atomic mass is 32.2. The minimum absolute atomic E-state index is 0.166. The van der Waals surface area contributed by atoms with Crippen molar-refractivity contribution in [2.75, 3.05) is 19.4 Å². The lowest BCUT2D eigenvalue weighted by Crippen LogP contribution is -2.35. The van der Waals surface area contributed by atoms with Crippen LogP contribution in [0.25, 0.3) is 0 Å². The molecular weight excluding hydrogens is 248 g/mol. The molecule has 0 saturated heterocycles. The Labute approximate surface area is 109 Å². The minimum atomic E-state index is -3.34. The second-order valence-electron chi connectivity index (χ2n) is 4.73. The van der Waals surface area contributed by atoms with Crippen molar-refractivity contribution in [3.63, 3.8) is 0 Å². The normalized spacial score (nSPS) is 17.3. The second kappa shape index (κ2) is 5.28. The Morgan fingerprint density at radius 1 is 1.17 bits per heavy atom. The van der Waals surface area contributed by atoms with Crippen molar-refractivity contribution in [1.29, 1.82) is 0 Å². The standard InChI is InChI=1S/C13H20N2O2S/c1-14-11-7-9-13(10-8-11)18(16,17)15(2)12-5-3-4-6-12/h7-10,12,14H,3-6H2,1-2H3. The molecule has 4 nitrogen and oxygen atoms in total. The first kappa shape index (κ1) is 13.4. The Hall–Kier alpha value is -1.07. The summed E-state index contributed by atoms with van der Waals surface area (Å²) in [5, 5.41) is 2.98. The summed E-state index contributed by atoms with van der Waals surface area (Å²) < 4.78 is 26.4. The van der Waals surface area contributed by atoms with Gasteiger partial charge in [-0.1, -0.05) is 12.8 Å². The molecule has 0 aliphatic heterocycles. The zero-order valence-electron chi connectivity index (χ0n) is 10.9. The number of benzene rings is 1. The van der Waals surface area contributed by atoms with Gasteiger partial charge in [-0.15, -0.1) is 0 Å². The predicted octanol–water partition coefficient (Wildman–Crippen LogP) is 2.29. The van der Waals surface area contributed by atoms with E-state index in [-0.39, 0.29) is 6.04 Å². The van der Waals surface area contributed by atoms with Crippen LogP contribution >= 0.6 is 0 Å². The molecule has 1 aromatic rings. The van der Waals surface area contributed by atoms with Crippen LogP contribution in [0.3, 0.4) is 0 Å². The zero-order chi connectivity index (χ0) is 13.2. The Morgan fingerprint density at radius 2 is 1.72 bits per heavy atom. The Bertz CT molecular complexity index is 490. The molecule has 0 unspecified atom stereocenters. The number of sulfonamides is 1. The summed E-state index contributed by atoms with van der Waals surface area (Å²) in [6.07, 6.45) is 4.21. The van der Waals surface area contributed by atoms with Crippen molar-refractivity contribution in [1.82, 2.24) is 4.31 Å². The van der Waals surface area contributed by atoms with E-state index in [1.165, 1.54) is 4.31 Å². The molecule has 1 fully saturated rings. The molecule has 5 heteroatoms. The SMILES string of the molecule is CNc1ccc(S(=O)(=O)N(C)C2CCCC2)cc1. The first-order chi connectivity index (χ1) is 8.55. The fraction of sp³-hybridized carbons (Fsp3) is 0.538. The predicted molar refractivity (Wildman–Crippen MR) is 73.2 cm³/mol. The van der Waals surface area contributed by atoms with Crippen LogP contribution in [0.2, 0.25) is 0 Å². The number of rotatable bonds is 4. The molecule has 100 valence electrons. The van der Waals surface area contributed by atoms with Gasteiger partial charge < -0.3 is 5.32 Å². The van der Waals surface area contributed by atoms with Crippen LogP contribution in [0.5, 0.6) is 0 Å². The highest BCUT2D eigenvalue weighted by molar-refractivity contribution is 7.89. The van der Waals surface area contributed by atoms with Crippen LogP contribution in [0.1, 0.15) is 25.7 Å². The number of nitrogens with one attached hydrogen (secondary N) is 1. The lowest BCUT2D eigenvalue weighted by Gasteiger charge is -2.23. The van der Waals surface area contributed by atoms with Gasteiger partial charge in [0, 0.05) is 25.8 Å². The fourth-order valence-corrected chi connectivity index (χ4v) is 3.84. The first-order valence-corrected chi connectivity index (χ1v) is 7.75. The van der Waals surface area contributed by atoms with Gasteiger partial charge in [-0.05, 0) is 37.1 Å². The van der Waals surface area contributed by atoms with Crippen molar-refractivity contribution in [3.8, 4) is 0 Å². The molecule has 0 atom stereocenters. The van der Waals surface area contributed by atoms with Crippen LogP contribution in [0.15, 0.2) is 29.2 Å². The number of anilines is 1. The van der Waals surface area contributed by atoms with Gasteiger partial charge in [0.05, 0.1) is 4.90 Å². The quantitative estimate of drug-likeness (QED) is 0.911. The average molecular weight is 268 g/mol. The fourth-order valence-electron chi connectivity index (χ4n) is 2.42. The molecule has 0 bridgehead atoms. The number of hydrogen-bond donors (Lipinski definition) is 1. The summed E-state index contributed by atoms with van der Waals surface area (Å²) in [4.78, 5) is 0.371. The molecule has 1 aliphatic rings. The molecule has 1 saturated carbocycles. The van der Waals surface area contributed by atoms with E-state index >= 15 is 0 Å². The van der Waals surface area contributed by atoms with E-state index in [2.05, 4.69) is 5.32 Å². The smallest absolute Gasteiger partial charge is 0.243 e. The number of nitrogens with zero attached hydrogens (tertiary/aromatic N) is 1. The highest BCUT2D eigenvalue weighted by Crippen LogP contribution is 2.27. The van der Waals surface area contributed by atoms with E-state index in [0.29, 0.717) is 4.90 Å². The van der Waals surface area contributed by atoms with Gasteiger partial charge in [0.2, 0.25) is 10.0 Å². The maximum Gasteiger partial charge on any atom is 0.243 e. The summed E-state index contributed by atoms with van der Waals surface area (Å²) in [6, 6.07) is 7.06. The monoisotopic (exact) mass is 268 g/mol. The van der Waals surface area contributed by atoms with Crippen molar-refractivity contribution in [2.45, 2.75) is 36.6 Å². The van der Waals surface area contributed by atoms with Gasteiger partial charge >= 0.3 is 0 Å². The van der Waals surface area contributed by atoms with E-state index in [1.54, 1.807) is 31.3 Å². The molecular formula is C13H20N2O2S. The maximum absolute atomic E-state index is 12.4. The Kier molecular flexibility index (Phi) is 3.92. The summed E-state index contributed by atoms with van der Waals surface area (Å²) in [6.45, 7) is 0. The zero-order valence-corrected chi connectivity index (χ0v) is 11.7. The largest absolute Gasteiger partial charge is 0.388 e. The molecule has 0 heterocycles. The van der Waals surface area contributed by atoms with Gasteiger partial charge in [-0.2, -0.15) is 4.31 Å². The first-order valence-electron chi connectivity index (χ1n) is 6.31. The van der Waals surface area contributed by atoms with Crippen LogP contribution in [0, 0.1) is 0 Å². The van der Waals surface area contributed by atoms with E-state index in [1.807, 2.05) is 7.05 Å². The van der Waals surface area contributed by atoms with Crippen LogP contribution in [0.4, 0.5) is 5.69 Å². The van der Waals surface area contributed by atoms with Crippen LogP contribution in [-0.4, -0.2) is 32.9 Å². The summed E-state index contributed by atoms with van der Waals surface area (Å²) in [5.74, 6) is 0. The molecule has 1 N–H and O–H groups in total. The maximum atomic E-state index is 12.4. The van der Waals surface area contributed by atoms with Crippen molar-refractivity contribution < 1.29 is 8.42 Å². The molecule has 18 heavy (non-hydrogen) atoms. The van der Waals surface area contributed by atoms with Crippen LogP contribution < -0.4 is 5.32 Å². The molecule has 1 aliphatic carbocycles. The van der Waals surface area contributed by atoms with Crippen molar-refractivity contribution in [3.05, 3.63) is 24.3 Å². The van der Waals surface area contributed by atoms with E-state index in [0.717, 1.165) is 31.4 Å². The molecule has 2 rings (SSSR count). The topological polar surface area (TPSA) is 49.4 Å². The third-order valence-corrected chi connectivity index (χ3v) is 5.58. The third kappa shape index (κ3) is 2.52. The van der Waals surface area contributed by atoms with E-state index in [9.17, 15) is 8.42 Å².